The van der Waals surface area contributed by atoms with Crippen LogP contribution in [0.15, 0.2) is 23.7 Å². The fourth-order valence-corrected chi connectivity index (χ4v) is 1.83. The average Bonchev–Trinajstić information content (AvgIpc) is 2.35. The van der Waals surface area contributed by atoms with E-state index in [0.717, 1.165) is 19.3 Å². The van der Waals surface area contributed by atoms with E-state index in [4.69, 9.17) is 0 Å². The first-order chi connectivity index (χ1) is 7.69. The number of carbonyl (C=O) groups is 1. The van der Waals surface area contributed by atoms with E-state index in [0.29, 0.717) is 12.3 Å². The van der Waals surface area contributed by atoms with Crippen molar-refractivity contribution in [3.05, 3.63) is 23.7 Å². The smallest absolute Gasteiger partial charge is 0.341 e. The predicted molar refractivity (Wildman–Crippen MR) is 57.8 cm³/mol. The van der Waals surface area contributed by atoms with Crippen LogP contribution in [-0.2, 0) is 19.4 Å². The molecular weight excluding hydrogens is 208 g/mol. The highest BCUT2D eigenvalue weighted by Gasteiger charge is 2.23. The molecule has 0 bridgehead atoms. The number of allylic oxidation sites excluding steroid dienone is 2. The van der Waals surface area contributed by atoms with E-state index in [1.54, 1.807) is 0 Å². The summed E-state index contributed by atoms with van der Waals surface area (Å²) in [5, 5.41) is 11.4. The molecule has 0 aromatic carbocycles. The van der Waals surface area contributed by atoms with E-state index < -0.39 is 11.9 Å². The summed E-state index contributed by atoms with van der Waals surface area (Å²) < 4.78 is 9.16. The van der Waals surface area contributed by atoms with Crippen LogP contribution in [0.25, 0.3) is 0 Å². The lowest BCUT2D eigenvalue weighted by molar-refractivity contribution is -0.137. The maximum Gasteiger partial charge on any atom is 0.341 e. The summed E-state index contributed by atoms with van der Waals surface area (Å²) in [6.07, 6.45) is 7.53. The van der Waals surface area contributed by atoms with Crippen LogP contribution in [-0.4, -0.2) is 20.2 Å². The van der Waals surface area contributed by atoms with Crippen molar-refractivity contribution >= 4 is 5.97 Å². The molecule has 1 rings (SSSR count). The van der Waals surface area contributed by atoms with Gasteiger partial charge in [-0.05, 0) is 31.6 Å². The van der Waals surface area contributed by atoms with Gasteiger partial charge in [0.15, 0.2) is 0 Å². The number of rotatable bonds is 4. The number of hydrogen-bond acceptors (Lipinski definition) is 3. The normalized spacial score (nSPS) is 21.2. The SMILES string of the molecule is COC(=O)C(CC1CC=CCC1)=C([O])OC. The Morgan fingerprint density at radius 1 is 1.31 bits per heavy atom. The van der Waals surface area contributed by atoms with Gasteiger partial charge < -0.3 is 9.47 Å². The molecule has 1 radical (unpaired) electrons. The van der Waals surface area contributed by atoms with E-state index in [1.165, 1.54) is 14.2 Å². The summed E-state index contributed by atoms with van der Waals surface area (Å²) in [5.74, 6) is -0.832. The summed E-state index contributed by atoms with van der Waals surface area (Å²) in [6.45, 7) is 0. The zero-order valence-electron chi connectivity index (χ0n) is 9.69. The first-order valence-electron chi connectivity index (χ1n) is 5.36. The van der Waals surface area contributed by atoms with Crippen molar-refractivity contribution in [3.63, 3.8) is 0 Å². The summed E-state index contributed by atoms with van der Waals surface area (Å²) in [5.41, 5.74) is 0.116. The van der Waals surface area contributed by atoms with Crippen LogP contribution in [0.2, 0.25) is 0 Å². The van der Waals surface area contributed by atoms with Gasteiger partial charge in [0, 0.05) is 0 Å². The first-order valence-corrected chi connectivity index (χ1v) is 5.36. The molecule has 0 heterocycles. The maximum atomic E-state index is 11.4. The molecule has 0 saturated heterocycles. The summed E-state index contributed by atoms with van der Waals surface area (Å²) in [6, 6.07) is 0. The molecule has 0 aliphatic heterocycles. The van der Waals surface area contributed by atoms with Crippen LogP contribution in [0.5, 0.6) is 0 Å². The van der Waals surface area contributed by atoms with Gasteiger partial charge in [-0.15, -0.1) is 0 Å². The zero-order chi connectivity index (χ0) is 12.0. The Kier molecular flexibility index (Phi) is 4.89. The Morgan fingerprint density at radius 3 is 2.56 bits per heavy atom. The molecule has 16 heavy (non-hydrogen) atoms. The van der Waals surface area contributed by atoms with Gasteiger partial charge in [0.2, 0.25) is 0 Å². The topological polar surface area (TPSA) is 55.4 Å². The predicted octanol–water partition coefficient (Wildman–Crippen LogP) is 2.19. The third-order valence-corrected chi connectivity index (χ3v) is 2.73. The van der Waals surface area contributed by atoms with E-state index in [9.17, 15) is 9.90 Å². The second-order valence-corrected chi connectivity index (χ2v) is 3.82. The van der Waals surface area contributed by atoms with Gasteiger partial charge >= 0.3 is 11.9 Å². The largest absolute Gasteiger partial charge is 0.465 e. The second-order valence-electron chi connectivity index (χ2n) is 3.82. The van der Waals surface area contributed by atoms with Gasteiger partial charge in [-0.2, -0.15) is 0 Å². The fourth-order valence-electron chi connectivity index (χ4n) is 1.83. The molecule has 0 aromatic rings. The van der Waals surface area contributed by atoms with Crippen molar-refractivity contribution < 1.29 is 19.4 Å². The molecule has 1 aliphatic rings. The van der Waals surface area contributed by atoms with Gasteiger partial charge in [0.05, 0.1) is 14.2 Å². The highest BCUT2D eigenvalue weighted by Crippen LogP contribution is 2.26. The molecule has 89 valence electrons. The van der Waals surface area contributed by atoms with E-state index in [1.807, 2.05) is 0 Å². The number of carbonyl (C=O) groups excluding carboxylic acids is 1. The lowest BCUT2D eigenvalue weighted by Crippen LogP contribution is -2.14. The average molecular weight is 225 g/mol. The van der Waals surface area contributed by atoms with Gasteiger partial charge in [-0.25, -0.2) is 9.90 Å². The third-order valence-electron chi connectivity index (χ3n) is 2.73. The first kappa shape index (κ1) is 12.6. The minimum Gasteiger partial charge on any atom is -0.465 e. The highest BCUT2D eigenvalue weighted by atomic mass is 16.6. The van der Waals surface area contributed by atoms with Crippen molar-refractivity contribution in [2.45, 2.75) is 25.7 Å². The summed E-state index contributed by atoms with van der Waals surface area (Å²) in [7, 11) is 2.54. The molecule has 0 fully saturated rings. The van der Waals surface area contributed by atoms with Crippen LogP contribution in [0.4, 0.5) is 0 Å². The standard InChI is InChI=1S/C12H17O4/c1-15-11(13)10(12(14)16-2)8-9-6-4-3-5-7-9/h3-4,9H,5-8H2,1-2H3. The van der Waals surface area contributed by atoms with Crippen LogP contribution in [0.1, 0.15) is 25.7 Å². The molecule has 1 unspecified atom stereocenters. The van der Waals surface area contributed by atoms with Crippen LogP contribution in [0.3, 0.4) is 0 Å². The van der Waals surface area contributed by atoms with Crippen LogP contribution >= 0.6 is 0 Å². The van der Waals surface area contributed by atoms with E-state index >= 15 is 0 Å². The number of ether oxygens (including phenoxy) is 2. The molecule has 1 aliphatic carbocycles. The molecule has 4 nitrogen and oxygen atoms in total. The molecule has 0 N–H and O–H groups in total. The molecule has 1 atom stereocenters. The lowest BCUT2D eigenvalue weighted by Gasteiger charge is -2.18. The molecule has 0 saturated carbocycles. The lowest BCUT2D eigenvalue weighted by atomic mass is 9.88. The van der Waals surface area contributed by atoms with Crippen LogP contribution in [0, 0.1) is 5.92 Å². The van der Waals surface area contributed by atoms with Crippen molar-refractivity contribution in [3.8, 4) is 0 Å². The number of esters is 1. The Morgan fingerprint density at radius 2 is 2.06 bits per heavy atom. The molecule has 0 aromatic heterocycles. The third kappa shape index (κ3) is 3.29. The highest BCUT2D eigenvalue weighted by molar-refractivity contribution is 5.88. The minimum absolute atomic E-state index is 0.116. The maximum absolute atomic E-state index is 11.4. The summed E-state index contributed by atoms with van der Waals surface area (Å²) >= 11 is 0. The fraction of sp³-hybridized carbons (Fsp3) is 0.583. The van der Waals surface area contributed by atoms with Crippen molar-refractivity contribution in [1.82, 2.24) is 0 Å². The Bertz CT molecular complexity index is 304. The van der Waals surface area contributed by atoms with Gasteiger partial charge in [-0.1, -0.05) is 12.2 Å². The molecule has 4 heteroatoms. The van der Waals surface area contributed by atoms with Crippen molar-refractivity contribution in [1.29, 1.82) is 0 Å². The Labute approximate surface area is 95.6 Å². The second kappa shape index (κ2) is 6.20. The molecular formula is C12H17O4. The van der Waals surface area contributed by atoms with Gasteiger partial charge in [0.25, 0.3) is 0 Å². The Balaban J connectivity index is 2.71. The van der Waals surface area contributed by atoms with Crippen molar-refractivity contribution in [2.75, 3.05) is 14.2 Å². The monoisotopic (exact) mass is 225 g/mol. The van der Waals surface area contributed by atoms with Gasteiger partial charge in [-0.3, -0.25) is 0 Å². The molecule has 0 amide bonds. The minimum atomic E-state index is -0.582. The van der Waals surface area contributed by atoms with E-state index in [2.05, 4.69) is 21.6 Å². The summed E-state index contributed by atoms with van der Waals surface area (Å²) in [4.78, 5) is 11.4. The number of methoxy groups -OCH3 is 2. The van der Waals surface area contributed by atoms with Crippen molar-refractivity contribution in [2.24, 2.45) is 5.92 Å². The zero-order valence-corrected chi connectivity index (χ0v) is 9.69. The quantitative estimate of drug-likeness (QED) is 0.319. The molecule has 0 spiro atoms. The van der Waals surface area contributed by atoms with Crippen LogP contribution < -0.4 is 0 Å². The van der Waals surface area contributed by atoms with Gasteiger partial charge in [0.1, 0.15) is 5.57 Å². The number of hydrogen-bond donors (Lipinski definition) is 0. The van der Waals surface area contributed by atoms with E-state index in [-0.39, 0.29) is 5.57 Å². The Hall–Kier alpha value is -1.45.